The maximum absolute atomic E-state index is 12.9. The van der Waals surface area contributed by atoms with E-state index in [0.29, 0.717) is 28.2 Å². The number of hydrogen-bond acceptors (Lipinski definition) is 5. The lowest BCUT2D eigenvalue weighted by Gasteiger charge is -2.25. The summed E-state index contributed by atoms with van der Waals surface area (Å²) < 4.78 is 11.2. The smallest absolute Gasteiger partial charge is 0.333 e. The van der Waals surface area contributed by atoms with Gasteiger partial charge in [0.15, 0.2) is 0 Å². The van der Waals surface area contributed by atoms with Gasteiger partial charge in [0.2, 0.25) is 0 Å². The molecule has 1 aliphatic heterocycles. The molecule has 3 aromatic rings. The Morgan fingerprint density at radius 3 is 2.59 bits per heavy atom. The Kier molecular flexibility index (Phi) is 5.73. The van der Waals surface area contributed by atoms with Gasteiger partial charge >= 0.3 is 5.97 Å². The summed E-state index contributed by atoms with van der Waals surface area (Å²) >= 11 is 0. The molecule has 0 spiro atoms. The number of nitrogens with zero attached hydrogens (tertiary/aromatic N) is 1. The highest BCUT2D eigenvalue weighted by molar-refractivity contribution is 6.11. The van der Waals surface area contributed by atoms with Crippen molar-refractivity contribution in [1.29, 1.82) is 5.26 Å². The molecule has 0 aromatic heterocycles. The summed E-state index contributed by atoms with van der Waals surface area (Å²) in [5.74, 6) is 0.0944. The number of ether oxygens (including phenoxy) is 2. The van der Waals surface area contributed by atoms with Crippen LogP contribution in [0.5, 0.6) is 11.5 Å². The second kappa shape index (κ2) is 8.78. The van der Waals surface area contributed by atoms with E-state index in [2.05, 4.69) is 18.0 Å². The van der Waals surface area contributed by atoms with E-state index in [1.165, 1.54) is 0 Å². The van der Waals surface area contributed by atoms with E-state index in [4.69, 9.17) is 9.47 Å². The molecule has 0 atom stereocenters. The SMILES string of the molecule is C=C(C)C(=O)OCCNC(=O)C(C#N)=C1c2ccccc2Oc2c1ccc1ccccc21. The van der Waals surface area contributed by atoms with Crippen LogP contribution in [0.1, 0.15) is 18.1 Å². The van der Waals surface area contributed by atoms with Gasteiger partial charge in [-0.15, -0.1) is 0 Å². The number of carbonyl (C=O) groups is 2. The third-order valence-corrected chi connectivity index (χ3v) is 5.08. The summed E-state index contributed by atoms with van der Waals surface area (Å²) in [6.45, 7) is 5.10. The molecule has 0 aliphatic carbocycles. The Bertz CT molecular complexity index is 1330. The quantitative estimate of drug-likeness (QED) is 0.220. The van der Waals surface area contributed by atoms with Crippen molar-refractivity contribution in [2.75, 3.05) is 13.2 Å². The number of fused-ring (bicyclic) bond motifs is 4. The highest BCUT2D eigenvalue weighted by Crippen LogP contribution is 2.47. The van der Waals surface area contributed by atoms with Crippen LogP contribution in [-0.2, 0) is 14.3 Å². The third kappa shape index (κ3) is 3.84. The van der Waals surface area contributed by atoms with Gasteiger partial charge in [0.25, 0.3) is 5.91 Å². The summed E-state index contributed by atoms with van der Waals surface area (Å²) in [6.07, 6.45) is 0. The van der Waals surface area contributed by atoms with Gasteiger partial charge in [-0.25, -0.2) is 4.79 Å². The standard InChI is InChI=1S/C26H20N2O4/c1-16(2)26(30)31-14-13-28-25(29)21(15-27)23-19-9-5-6-10-22(19)32-24-18-8-4-3-7-17(18)11-12-20(23)24/h3-12H,1,13-14H2,2H3,(H,28,29). The molecule has 0 bridgehead atoms. The lowest BCUT2D eigenvalue weighted by atomic mass is 9.88. The lowest BCUT2D eigenvalue weighted by molar-refractivity contribution is -0.139. The largest absolute Gasteiger partial charge is 0.460 e. The van der Waals surface area contributed by atoms with Crippen LogP contribution in [0.3, 0.4) is 0 Å². The van der Waals surface area contributed by atoms with Crippen LogP contribution >= 0.6 is 0 Å². The fraction of sp³-hybridized carbons (Fsp3) is 0.115. The van der Waals surface area contributed by atoms with Crippen molar-refractivity contribution in [3.63, 3.8) is 0 Å². The fourth-order valence-corrected chi connectivity index (χ4v) is 3.58. The molecule has 4 rings (SSSR count). The zero-order valence-corrected chi connectivity index (χ0v) is 17.5. The van der Waals surface area contributed by atoms with Crippen LogP contribution in [-0.4, -0.2) is 25.0 Å². The van der Waals surface area contributed by atoms with Crippen LogP contribution in [0.4, 0.5) is 0 Å². The number of hydrogen-bond donors (Lipinski definition) is 1. The molecule has 1 amide bonds. The van der Waals surface area contributed by atoms with Crippen molar-refractivity contribution in [3.05, 3.63) is 89.5 Å². The number of nitriles is 1. The van der Waals surface area contributed by atoms with Gasteiger partial charge in [0, 0.05) is 27.7 Å². The third-order valence-electron chi connectivity index (χ3n) is 5.08. The molecular formula is C26H20N2O4. The molecule has 0 radical (unpaired) electrons. The van der Waals surface area contributed by atoms with Crippen molar-refractivity contribution in [2.24, 2.45) is 0 Å². The van der Waals surface area contributed by atoms with E-state index < -0.39 is 11.9 Å². The highest BCUT2D eigenvalue weighted by Gasteiger charge is 2.28. The summed E-state index contributed by atoms with van der Waals surface area (Å²) in [4.78, 5) is 24.4. The Balaban J connectivity index is 1.74. The summed E-state index contributed by atoms with van der Waals surface area (Å²) in [5, 5.41) is 14.5. The number of nitrogens with one attached hydrogen (secondary N) is 1. The van der Waals surface area contributed by atoms with E-state index >= 15 is 0 Å². The Morgan fingerprint density at radius 2 is 1.81 bits per heavy atom. The molecule has 0 saturated heterocycles. The molecule has 0 unspecified atom stereocenters. The molecule has 6 nitrogen and oxygen atoms in total. The Hall–Kier alpha value is -4.37. The van der Waals surface area contributed by atoms with Gasteiger partial charge < -0.3 is 14.8 Å². The minimum Gasteiger partial charge on any atom is -0.460 e. The van der Waals surface area contributed by atoms with Crippen LogP contribution in [0, 0.1) is 11.3 Å². The van der Waals surface area contributed by atoms with Crippen molar-refractivity contribution in [3.8, 4) is 17.6 Å². The number of amides is 1. The monoisotopic (exact) mass is 424 g/mol. The van der Waals surface area contributed by atoms with Gasteiger partial charge in [-0.2, -0.15) is 5.26 Å². The van der Waals surface area contributed by atoms with Gasteiger partial charge in [0.1, 0.15) is 29.7 Å². The van der Waals surface area contributed by atoms with Crippen LogP contribution < -0.4 is 10.1 Å². The molecule has 1 aliphatic rings. The normalized spacial score (nSPS) is 13.1. The number of para-hydroxylation sites is 1. The minimum atomic E-state index is -0.551. The molecule has 158 valence electrons. The van der Waals surface area contributed by atoms with Crippen molar-refractivity contribution >= 4 is 28.2 Å². The molecule has 3 aromatic carbocycles. The first-order chi connectivity index (χ1) is 15.5. The van der Waals surface area contributed by atoms with E-state index in [1.807, 2.05) is 60.7 Å². The summed E-state index contributed by atoms with van der Waals surface area (Å²) in [5.41, 5.74) is 2.08. The molecule has 32 heavy (non-hydrogen) atoms. The second-order valence-corrected chi connectivity index (χ2v) is 7.30. The maximum Gasteiger partial charge on any atom is 0.333 e. The molecule has 1 heterocycles. The molecule has 0 fully saturated rings. The lowest BCUT2D eigenvalue weighted by Crippen LogP contribution is -2.30. The first-order valence-electron chi connectivity index (χ1n) is 10.1. The van der Waals surface area contributed by atoms with Gasteiger partial charge in [-0.1, -0.05) is 55.1 Å². The van der Waals surface area contributed by atoms with Crippen molar-refractivity contribution < 1.29 is 19.1 Å². The Morgan fingerprint density at radius 1 is 1.06 bits per heavy atom. The topological polar surface area (TPSA) is 88.4 Å². The zero-order valence-electron chi connectivity index (χ0n) is 17.5. The summed E-state index contributed by atoms with van der Waals surface area (Å²) in [6, 6.07) is 21.0. The molecule has 6 heteroatoms. The van der Waals surface area contributed by atoms with Gasteiger partial charge in [-0.05, 0) is 24.4 Å². The first kappa shape index (κ1) is 20.9. The first-order valence-corrected chi connectivity index (χ1v) is 10.1. The number of carbonyl (C=O) groups excluding carboxylic acids is 2. The second-order valence-electron chi connectivity index (χ2n) is 7.30. The van der Waals surface area contributed by atoms with E-state index in [0.717, 1.165) is 10.8 Å². The van der Waals surface area contributed by atoms with E-state index in [9.17, 15) is 14.9 Å². The number of esters is 1. The predicted octanol–water partition coefficient (Wildman–Crippen LogP) is 4.51. The zero-order chi connectivity index (χ0) is 22.7. The van der Waals surface area contributed by atoms with Gasteiger partial charge in [-0.3, -0.25) is 4.79 Å². The van der Waals surface area contributed by atoms with Crippen LogP contribution in [0.25, 0.3) is 16.3 Å². The minimum absolute atomic E-state index is 0.0214. The highest BCUT2D eigenvalue weighted by atomic mass is 16.5. The average molecular weight is 424 g/mol. The average Bonchev–Trinajstić information content (AvgIpc) is 2.81. The van der Waals surface area contributed by atoms with Crippen molar-refractivity contribution in [1.82, 2.24) is 5.32 Å². The molecular weight excluding hydrogens is 404 g/mol. The van der Waals surface area contributed by atoms with Crippen molar-refractivity contribution in [2.45, 2.75) is 6.92 Å². The van der Waals surface area contributed by atoms with E-state index in [1.54, 1.807) is 6.92 Å². The Labute approximate surface area is 185 Å². The predicted molar refractivity (Wildman–Crippen MR) is 121 cm³/mol. The maximum atomic E-state index is 12.9. The van der Waals surface area contributed by atoms with Gasteiger partial charge in [0.05, 0.1) is 6.54 Å². The summed E-state index contributed by atoms with van der Waals surface area (Å²) in [7, 11) is 0. The molecule has 0 saturated carbocycles. The van der Waals surface area contributed by atoms with Crippen LogP contribution in [0.2, 0.25) is 0 Å². The number of rotatable bonds is 5. The van der Waals surface area contributed by atoms with E-state index in [-0.39, 0.29) is 24.3 Å². The fourth-order valence-electron chi connectivity index (χ4n) is 3.58. The number of benzene rings is 3. The van der Waals surface area contributed by atoms with Crippen LogP contribution in [0.15, 0.2) is 78.4 Å². The molecule has 1 N–H and O–H groups in total.